The van der Waals surface area contributed by atoms with E-state index in [9.17, 15) is 4.79 Å². The molecule has 0 unspecified atom stereocenters. The monoisotopic (exact) mass is 370 g/mol. The Morgan fingerprint density at radius 1 is 1.19 bits per heavy atom. The molecular weight excluding hydrogens is 348 g/mol. The van der Waals surface area contributed by atoms with Gasteiger partial charge in [0.25, 0.3) is 0 Å². The molecule has 5 nitrogen and oxygen atoms in total. The van der Waals surface area contributed by atoms with Crippen molar-refractivity contribution in [1.29, 1.82) is 0 Å². The maximum absolute atomic E-state index is 12.1. The number of ether oxygens (including phenoxy) is 1. The van der Waals surface area contributed by atoms with Crippen LogP contribution in [-0.4, -0.2) is 24.0 Å². The third-order valence-electron chi connectivity index (χ3n) is 3.92. The number of benzene rings is 1. The molecule has 1 aromatic carbocycles. The summed E-state index contributed by atoms with van der Waals surface area (Å²) in [7, 11) is 0. The van der Waals surface area contributed by atoms with Gasteiger partial charge in [0.2, 0.25) is 5.91 Å². The van der Waals surface area contributed by atoms with Crippen molar-refractivity contribution in [1.82, 2.24) is 10.3 Å². The van der Waals surface area contributed by atoms with Gasteiger partial charge in [0.1, 0.15) is 18.1 Å². The van der Waals surface area contributed by atoms with Crippen LogP contribution in [0.5, 0.6) is 5.75 Å². The first-order chi connectivity index (χ1) is 12.5. The standard InChI is InChI=1S/C20H22N2O3S/c1-13-5-4-6-14(2)19(13)24-10-9-21-18(23)11-16-12-26-20(22-16)17-8-7-15(3)25-17/h4-8,12H,9-11H2,1-3H3,(H,21,23). The Morgan fingerprint density at radius 3 is 2.65 bits per heavy atom. The number of amides is 1. The van der Waals surface area contributed by atoms with Gasteiger partial charge in [-0.15, -0.1) is 11.3 Å². The van der Waals surface area contributed by atoms with Crippen LogP contribution in [0, 0.1) is 20.8 Å². The third kappa shape index (κ3) is 4.52. The molecule has 3 aromatic rings. The van der Waals surface area contributed by atoms with Crippen molar-refractivity contribution in [2.45, 2.75) is 27.2 Å². The summed E-state index contributed by atoms with van der Waals surface area (Å²) >= 11 is 1.48. The van der Waals surface area contributed by atoms with E-state index in [1.807, 2.05) is 56.5 Å². The van der Waals surface area contributed by atoms with Gasteiger partial charge < -0.3 is 14.5 Å². The zero-order valence-corrected chi connectivity index (χ0v) is 16.0. The molecule has 0 saturated carbocycles. The zero-order chi connectivity index (χ0) is 18.5. The van der Waals surface area contributed by atoms with Gasteiger partial charge in [-0.2, -0.15) is 0 Å². The van der Waals surface area contributed by atoms with E-state index in [4.69, 9.17) is 9.15 Å². The first kappa shape index (κ1) is 18.2. The van der Waals surface area contributed by atoms with Crippen LogP contribution in [0.15, 0.2) is 40.1 Å². The number of hydrogen-bond donors (Lipinski definition) is 1. The highest BCUT2D eigenvalue weighted by Gasteiger charge is 2.11. The molecule has 0 aliphatic heterocycles. The van der Waals surface area contributed by atoms with Crippen LogP contribution in [0.4, 0.5) is 0 Å². The summed E-state index contributed by atoms with van der Waals surface area (Å²) in [5.74, 6) is 2.40. The number of aromatic nitrogens is 1. The summed E-state index contributed by atoms with van der Waals surface area (Å²) in [6.07, 6.45) is 0.250. The molecule has 2 heterocycles. The Balaban J connectivity index is 1.45. The van der Waals surface area contributed by atoms with Crippen molar-refractivity contribution >= 4 is 17.2 Å². The van der Waals surface area contributed by atoms with E-state index in [-0.39, 0.29) is 12.3 Å². The lowest BCUT2D eigenvalue weighted by Gasteiger charge is -2.12. The fourth-order valence-corrected chi connectivity index (χ4v) is 3.43. The van der Waals surface area contributed by atoms with Crippen LogP contribution in [0.3, 0.4) is 0 Å². The highest BCUT2D eigenvalue weighted by Crippen LogP contribution is 2.25. The van der Waals surface area contributed by atoms with Crippen LogP contribution >= 0.6 is 11.3 Å². The van der Waals surface area contributed by atoms with Gasteiger partial charge in [-0.25, -0.2) is 4.98 Å². The molecule has 0 aliphatic carbocycles. The molecule has 0 fully saturated rings. The van der Waals surface area contributed by atoms with Gasteiger partial charge in [0.15, 0.2) is 10.8 Å². The van der Waals surface area contributed by atoms with E-state index in [0.29, 0.717) is 13.2 Å². The number of nitrogens with one attached hydrogen (secondary N) is 1. The van der Waals surface area contributed by atoms with Gasteiger partial charge in [-0.3, -0.25) is 4.79 Å². The second-order valence-electron chi connectivity index (χ2n) is 6.15. The van der Waals surface area contributed by atoms with E-state index >= 15 is 0 Å². The van der Waals surface area contributed by atoms with Crippen LogP contribution in [0.25, 0.3) is 10.8 Å². The number of aryl methyl sites for hydroxylation is 3. The minimum absolute atomic E-state index is 0.0671. The molecule has 136 valence electrons. The smallest absolute Gasteiger partial charge is 0.226 e. The first-order valence-corrected chi connectivity index (χ1v) is 9.38. The molecule has 0 atom stereocenters. The SMILES string of the molecule is Cc1ccc(-c2nc(CC(=O)NCCOc3c(C)cccc3C)cs2)o1. The first-order valence-electron chi connectivity index (χ1n) is 8.50. The molecule has 1 N–H and O–H groups in total. The summed E-state index contributed by atoms with van der Waals surface area (Å²) in [6, 6.07) is 9.83. The van der Waals surface area contributed by atoms with Crippen molar-refractivity contribution in [2.75, 3.05) is 13.2 Å². The topological polar surface area (TPSA) is 64.4 Å². The molecular formula is C20H22N2O3S. The Morgan fingerprint density at radius 2 is 1.96 bits per heavy atom. The van der Waals surface area contributed by atoms with Crippen LogP contribution in [0.1, 0.15) is 22.6 Å². The zero-order valence-electron chi connectivity index (χ0n) is 15.2. The van der Waals surface area contributed by atoms with E-state index in [1.54, 1.807) is 0 Å². The number of carbonyl (C=O) groups is 1. The average molecular weight is 370 g/mol. The fraction of sp³-hybridized carbons (Fsp3) is 0.300. The Bertz CT molecular complexity index is 878. The average Bonchev–Trinajstić information content (AvgIpc) is 3.22. The number of rotatable bonds is 7. The second kappa shape index (κ2) is 8.19. The van der Waals surface area contributed by atoms with Gasteiger partial charge in [0.05, 0.1) is 18.7 Å². The quantitative estimate of drug-likeness (QED) is 0.637. The van der Waals surface area contributed by atoms with Crippen LogP contribution < -0.4 is 10.1 Å². The van der Waals surface area contributed by atoms with E-state index < -0.39 is 0 Å². The molecule has 2 aromatic heterocycles. The van der Waals surface area contributed by atoms with Gasteiger partial charge in [-0.1, -0.05) is 18.2 Å². The van der Waals surface area contributed by atoms with Crippen molar-refractivity contribution in [2.24, 2.45) is 0 Å². The largest absolute Gasteiger partial charge is 0.491 e. The summed E-state index contributed by atoms with van der Waals surface area (Å²) < 4.78 is 11.4. The molecule has 3 rings (SSSR count). The van der Waals surface area contributed by atoms with Crippen LogP contribution in [-0.2, 0) is 11.2 Å². The highest BCUT2D eigenvalue weighted by molar-refractivity contribution is 7.13. The second-order valence-corrected chi connectivity index (χ2v) is 7.01. The molecule has 0 spiro atoms. The van der Waals surface area contributed by atoms with Crippen molar-refractivity contribution in [3.05, 3.63) is 58.3 Å². The third-order valence-corrected chi connectivity index (χ3v) is 4.83. The summed E-state index contributed by atoms with van der Waals surface area (Å²) in [5.41, 5.74) is 2.94. The molecule has 26 heavy (non-hydrogen) atoms. The molecule has 0 radical (unpaired) electrons. The predicted molar refractivity (Wildman–Crippen MR) is 103 cm³/mol. The van der Waals surface area contributed by atoms with Crippen molar-refractivity contribution in [3.63, 3.8) is 0 Å². The molecule has 1 amide bonds. The number of nitrogens with zero attached hydrogens (tertiary/aromatic N) is 1. The maximum atomic E-state index is 12.1. The molecule has 0 bridgehead atoms. The van der Waals surface area contributed by atoms with Gasteiger partial charge in [0, 0.05) is 5.38 Å². The fourth-order valence-electron chi connectivity index (χ4n) is 2.65. The number of carbonyl (C=O) groups excluding carboxylic acids is 1. The summed E-state index contributed by atoms with van der Waals surface area (Å²) in [5, 5.41) is 5.55. The van der Waals surface area contributed by atoms with Gasteiger partial charge in [-0.05, 0) is 44.0 Å². The molecule has 0 aliphatic rings. The van der Waals surface area contributed by atoms with Gasteiger partial charge >= 0.3 is 0 Å². The Hall–Kier alpha value is -2.60. The summed E-state index contributed by atoms with van der Waals surface area (Å²) in [4.78, 5) is 16.5. The normalized spacial score (nSPS) is 10.7. The van der Waals surface area contributed by atoms with E-state index in [0.717, 1.165) is 39.1 Å². The predicted octanol–water partition coefficient (Wildman–Crippen LogP) is 4.07. The van der Waals surface area contributed by atoms with Crippen LogP contribution in [0.2, 0.25) is 0 Å². The Kier molecular flexibility index (Phi) is 5.73. The highest BCUT2D eigenvalue weighted by atomic mass is 32.1. The summed E-state index contributed by atoms with van der Waals surface area (Å²) in [6.45, 7) is 6.82. The van der Waals surface area contributed by atoms with E-state index in [1.165, 1.54) is 11.3 Å². The minimum atomic E-state index is -0.0671. The number of para-hydroxylation sites is 1. The lowest BCUT2D eigenvalue weighted by atomic mass is 10.1. The number of furan rings is 1. The number of hydrogen-bond acceptors (Lipinski definition) is 5. The van der Waals surface area contributed by atoms with Crippen molar-refractivity contribution in [3.8, 4) is 16.5 Å². The lowest BCUT2D eigenvalue weighted by molar-refractivity contribution is -0.120. The molecule has 0 saturated heterocycles. The minimum Gasteiger partial charge on any atom is -0.491 e. The lowest BCUT2D eigenvalue weighted by Crippen LogP contribution is -2.29. The van der Waals surface area contributed by atoms with Crippen molar-refractivity contribution < 1.29 is 13.9 Å². The number of thiazole rings is 1. The Labute approximate surface area is 157 Å². The molecule has 6 heteroatoms. The van der Waals surface area contributed by atoms with E-state index in [2.05, 4.69) is 10.3 Å². The maximum Gasteiger partial charge on any atom is 0.226 e.